The van der Waals surface area contributed by atoms with Crippen LogP contribution in [-0.4, -0.2) is 18.1 Å². The average molecular weight is 328 g/mol. The summed E-state index contributed by atoms with van der Waals surface area (Å²) in [5, 5.41) is 0. The molecule has 3 rings (SSSR count). The Balaban J connectivity index is 1.82. The summed E-state index contributed by atoms with van der Waals surface area (Å²) in [7, 11) is 0. The number of aromatic nitrogens is 1. The highest BCUT2D eigenvalue weighted by atomic mass is 19.4. The van der Waals surface area contributed by atoms with Crippen molar-refractivity contribution in [2.75, 3.05) is 18.0 Å². The van der Waals surface area contributed by atoms with E-state index >= 15 is 0 Å². The van der Waals surface area contributed by atoms with Crippen LogP contribution in [0, 0.1) is 12.7 Å². The molecule has 23 heavy (non-hydrogen) atoms. The highest BCUT2D eigenvalue weighted by Crippen LogP contribution is 2.35. The van der Waals surface area contributed by atoms with Gasteiger partial charge in [-0.05, 0) is 37.5 Å². The molecule has 0 radical (unpaired) electrons. The zero-order valence-corrected chi connectivity index (χ0v) is 12.5. The third-order valence-corrected chi connectivity index (χ3v) is 4.07. The van der Waals surface area contributed by atoms with E-state index in [2.05, 4.69) is 4.98 Å². The number of anilines is 1. The number of halogens is 4. The van der Waals surface area contributed by atoms with E-state index in [0.717, 1.165) is 18.4 Å². The predicted molar refractivity (Wildman–Crippen MR) is 76.8 cm³/mol. The molecule has 1 aliphatic rings. The molecular formula is C16H16F4N2O. The Labute approximate surface area is 130 Å². The minimum absolute atomic E-state index is 0.0177. The lowest BCUT2D eigenvalue weighted by molar-refractivity contribution is -0.141. The lowest BCUT2D eigenvalue weighted by atomic mass is 9.91. The van der Waals surface area contributed by atoms with Crippen LogP contribution in [0.5, 0.6) is 0 Å². The van der Waals surface area contributed by atoms with Crippen LogP contribution in [0.15, 0.2) is 28.7 Å². The van der Waals surface area contributed by atoms with Gasteiger partial charge in [0.1, 0.15) is 11.6 Å². The maximum Gasteiger partial charge on any atom is 0.436 e. The number of nitrogens with zero attached hydrogens (tertiary/aromatic N) is 2. The van der Waals surface area contributed by atoms with Crippen LogP contribution >= 0.6 is 0 Å². The molecule has 0 aliphatic carbocycles. The van der Waals surface area contributed by atoms with Crippen LogP contribution in [0.2, 0.25) is 0 Å². The van der Waals surface area contributed by atoms with Crippen LogP contribution in [0.4, 0.5) is 23.6 Å². The second kappa shape index (κ2) is 5.86. The van der Waals surface area contributed by atoms with E-state index in [-0.39, 0.29) is 23.5 Å². The first-order chi connectivity index (χ1) is 10.8. The van der Waals surface area contributed by atoms with Gasteiger partial charge in [0.25, 0.3) is 6.01 Å². The molecule has 0 bridgehead atoms. The number of piperidine rings is 1. The summed E-state index contributed by atoms with van der Waals surface area (Å²) in [5.74, 6) is -0.507. The monoisotopic (exact) mass is 328 g/mol. The third kappa shape index (κ3) is 3.33. The Kier molecular flexibility index (Phi) is 4.04. The Hall–Kier alpha value is -2.05. The smallest absolute Gasteiger partial charge is 0.428 e. The molecule has 1 unspecified atom stereocenters. The van der Waals surface area contributed by atoms with E-state index < -0.39 is 11.9 Å². The number of hydrogen-bond acceptors (Lipinski definition) is 3. The normalized spacial score (nSPS) is 19.2. The molecule has 1 aromatic carbocycles. The van der Waals surface area contributed by atoms with Gasteiger partial charge in [0.2, 0.25) is 0 Å². The standard InChI is InChI=1S/C16H16F4N2O/c1-10-14(16(18,19)20)21-15(23-10)22-7-3-5-12(9-22)11-4-2-6-13(17)8-11/h2,4,6,8,12H,3,5,7,9H2,1H3. The fourth-order valence-electron chi connectivity index (χ4n) is 2.96. The number of aryl methyl sites for hydroxylation is 1. The number of hydrogen-bond donors (Lipinski definition) is 0. The number of alkyl halides is 3. The number of oxazole rings is 1. The second-order valence-electron chi connectivity index (χ2n) is 5.74. The van der Waals surface area contributed by atoms with E-state index in [1.54, 1.807) is 11.0 Å². The lowest BCUT2D eigenvalue weighted by Crippen LogP contribution is -2.34. The average Bonchev–Trinajstić information content (AvgIpc) is 2.90. The van der Waals surface area contributed by atoms with Crippen molar-refractivity contribution in [3.8, 4) is 0 Å². The molecule has 1 saturated heterocycles. The van der Waals surface area contributed by atoms with Gasteiger partial charge in [-0.15, -0.1) is 0 Å². The maximum atomic E-state index is 13.4. The predicted octanol–water partition coefficient (Wildman–Crippen LogP) is 4.52. The fraction of sp³-hybridized carbons (Fsp3) is 0.438. The molecule has 3 nitrogen and oxygen atoms in total. The molecule has 2 aromatic rings. The molecule has 1 aliphatic heterocycles. The summed E-state index contributed by atoms with van der Waals surface area (Å²) in [5.41, 5.74) is -0.144. The van der Waals surface area contributed by atoms with Gasteiger partial charge in [-0.3, -0.25) is 0 Å². The van der Waals surface area contributed by atoms with Crippen LogP contribution in [0.25, 0.3) is 0 Å². The summed E-state index contributed by atoms with van der Waals surface area (Å²) in [6, 6.07) is 6.29. The van der Waals surface area contributed by atoms with Crippen LogP contribution in [-0.2, 0) is 6.18 Å². The zero-order valence-electron chi connectivity index (χ0n) is 12.5. The molecular weight excluding hydrogens is 312 g/mol. The van der Waals surface area contributed by atoms with Crippen LogP contribution in [0.3, 0.4) is 0 Å². The van der Waals surface area contributed by atoms with Gasteiger partial charge >= 0.3 is 6.18 Å². The lowest BCUT2D eigenvalue weighted by Gasteiger charge is -2.31. The second-order valence-corrected chi connectivity index (χ2v) is 5.74. The van der Waals surface area contributed by atoms with E-state index in [1.165, 1.54) is 19.1 Å². The summed E-state index contributed by atoms with van der Waals surface area (Å²) >= 11 is 0. The van der Waals surface area contributed by atoms with Gasteiger partial charge in [0.05, 0.1) is 0 Å². The first-order valence-electron chi connectivity index (χ1n) is 7.39. The molecule has 0 N–H and O–H groups in total. The van der Waals surface area contributed by atoms with Crippen molar-refractivity contribution >= 4 is 6.01 Å². The quantitative estimate of drug-likeness (QED) is 0.759. The van der Waals surface area contributed by atoms with Crippen LogP contribution < -0.4 is 4.90 Å². The topological polar surface area (TPSA) is 29.3 Å². The fourth-order valence-corrected chi connectivity index (χ4v) is 2.96. The minimum atomic E-state index is -4.52. The van der Waals surface area contributed by atoms with E-state index in [0.29, 0.717) is 13.1 Å². The minimum Gasteiger partial charge on any atom is -0.428 e. The first kappa shape index (κ1) is 15.8. The van der Waals surface area contributed by atoms with Crippen molar-refractivity contribution < 1.29 is 22.0 Å². The van der Waals surface area contributed by atoms with Crippen molar-refractivity contribution in [2.45, 2.75) is 31.9 Å². The molecule has 1 fully saturated rings. The highest BCUT2D eigenvalue weighted by molar-refractivity contribution is 5.34. The van der Waals surface area contributed by atoms with Crippen molar-refractivity contribution in [3.05, 3.63) is 47.1 Å². The molecule has 1 aromatic heterocycles. The Bertz CT molecular complexity index is 696. The summed E-state index contributed by atoms with van der Waals surface area (Å²) in [6.07, 6.45) is -2.89. The molecule has 0 spiro atoms. The summed E-state index contributed by atoms with van der Waals surface area (Å²) in [6.45, 7) is 2.29. The number of rotatable bonds is 2. The van der Waals surface area contributed by atoms with Gasteiger partial charge in [-0.2, -0.15) is 18.2 Å². The summed E-state index contributed by atoms with van der Waals surface area (Å²) < 4.78 is 57.1. The number of benzene rings is 1. The Morgan fingerprint density at radius 3 is 2.74 bits per heavy atom. The molecule has 7 heteroatoms. The van der Waals surface area contributed by atoms with Gasteiger partial charge in [-0.1, -0.05) is 12.1 Å². The van der Waals surface area contributed by atoms with E-state index in [9.17, 15) is 17.6 Å². The molecule has 0 saturated carbocycles. The van der Waals surface area contributed by atoms with Gasteiger partial charge < -0.3 is 9.32 Å². The third-order valence-electron chi connectivity index (χ3n) is 4.07. The van der Waals surface area contributed by atoms with Gasteiger partial charge in [-0.25, -0.2) is 4.39 Å². The van der Waals surface area contributed by atoms with Crippen molar-refractivity contribution in [1.82, 2.24) is 4.98 Å². The van der Waals surface area contributed by atoms with Crippen molar-refractivity contribution in [2.24, 2.45) is 0 Å². The first-order valence-corrected chi connectivity index (χ1v) is 7.39. The van der Waals surface area contributed by atoms with Crippen molar-refractivity contribution in [1.29, 1.82) is 0 Å². The van der Waals surface area contributed by atoms with E-state index in [1.807, 2.05) is 6.07 Å². The summed E-state index contributed by atoms with van der Waals surface area (Å²) in [4.78, 5) is 5.31. The zero-order chi connectivity index (χ0) is 16.6. The Morgan fingerprint density at radius 1 is 1.30 bits per heavy atom. The Morgan fingerprint density at radius 2 is 2.09 bits per heavy atom. The molecule has 124 valence electrons. The van der Waals surface area contributed by atoms with Crippen LogP contribution in [0.1, 0.15) is 35.8 Å². The molecule has 1 atom stereocenters. The molecule has 2 heterocycles. The highest BCUT2D eigenvalue weighted by Gasteiger charge is 2.38. The van der Waals surface area contributed by atoms with E-state index in [4.69, 9.17) is 4.42 Å². The van der Waals surface area contributed by atoms with Crippen molar-refractivity contribution in [3.63, 3.8) is 0 Å². The SMILES string of the molecule is Cc1oc(N2CCCC(c3cccc(F)c3)C2)nc1C(F)(F)F. The van der Waals surface area contributed by atoms with Gasteiger partial charge in [0, 0.05) is 19.0 Å². The largest absolute Gasteiger partial charge is 0.436 e. The molecule has 0 amide bonds. The van der Waals surface area contributed by atoms with Gasteiger partial charge in [0.15, 0.2) is 5.69 Å². The maximum absolute atomic E-state index is 13.4.